The second-order valence-corrected chi connectivity index (χ2v) is 6.01. The maximum atomic E-state index is 11.7. The van der Waals surface area contributed by atoms with Crippen LogP contribution in [-0.2, 0) is 16.0 Å². The summed E-state index contributed by atoms with van der Waals surface area (Å²) in [6.07, 6.45) is 2.10. The normalized spacial score (nSPS) is 11.4. The third-order valence-corrected chi connectivity index (χ3v) is 4.07. The van der Waals surface area contributed by atoms with E-state index in [0.29, 0.717) is 11.8 Å². The lowest BCUT2D eigenvalue weighted by molar-refractivity contribution is -0.145. The molecule has 2 rings (SSSR count). The van der Waals surface area contributed by atoms with E-state index < -0.39 is 18.4 Å². The van der Waals surface area contributed by atoms with Crippen molar-refractivity contribution in [2.24, 2.45) is 0 Å². The average molecular weight is 332 g/mol. The molecule has 2 aromatic rings. The number of aromatic nitrogens is 1. The van der Waals surface area contributed by atoms with Crippen molar-refractivity contribution >= 4 is 22.8 Å². The van der Waals surface area contributed by atoms with Crippen LogP contribution >= 0.6 is 0 Å². The molecular formula is C18H24N2O4. The first-order valence-corrected chi connectivity index (χ1v) is 8.17. The highest BCUT2D eigenvalue weighted by molar-refractivity contribution is 5.95. The van der Waals surface area contributed by atoms with E-state index in [1.54, 1.807) is 12.1 Å². The monoisotopic (exact) mass is 332 g/mol. The fourth-order valence-electron chi connectivity index (χ4n) is 2.83. The van der Waals surface area contributed by atoms with Gasteiger partial charge in [-0.3, -0.25) is 9.59 Å². The number of carboxylic acids is 1. The summed E-state index contributed by atoms with van der Waals surface area (Å²) < 4.78 is 5.26. The molecule has 0 fully saturated rings. The summed E-state index contributed by atoms with van der Waals surface area (Å²) in [6, 6.07) is 5.85. The Kier molecular flexibility index (Phi) is 5.98. The van der Waals surface area contributed by atoms with E-state index in [0.717, 1.165) is 36.0 Å². The molecule has 0 spiro atoms. The van der Waals surface area contributed by atoms with Crippen LogP contribution in [0.1, 0.15) is 32.8 Å². The van der Waals surface area contributed by atoms with Gasteiger partial charge in [-0.25, -0.2) is 0 Å². The van der Waals surface area contributed by atoms with Crippen molar-refractivity contribution in [2.45, 2.75) is 39.7 Å². The number of esters is 1. The highest BCUT2D eigenvalue weighted by Crippen LogP contribution is 2.29. The number of H-pyrrole nitrogens is 1. The van der Waals surface area contributed by atoms with Gasteiger partial charge in [-0.1, -0.05) is 13.0 Å². The second kappa shape index (κ2) is 7.97. The summed E-state index contributed by atoms with van der Waals surface area (Å²) in [5, 5.41) is 9.55. The highest BCUT2D eigenvalue weighted by Gasteiger charge is 2.16. The third kappa shape index (κ3) is 4.35. The smallest absolute Gasteiger partial charge is 0.322 e. The van der Waals surface area contributed by atoms with Gasteiger partial charge < -0.3 is 19.7 Å². The van der Waals surface area contributed by atoms with E-state index in [1.807, 2.05) is 12.3 Å². The van der Waals surface area contributed by atoms with E-state index in [9.17, 15) is 9.59 Å². The first-order valence-electron chi connectivity index (χ1n) is 8.17. The Morgan fingerprint density at radius 3 is 2.71 bits per heavy atom. The van der Waals surface area contributed by atoms with Crippen molar-refractivity contribution in [1.29, 1.82) is 0 Å². The number of fused-ring (bicyclic) bond motifs is 1. The molecule has 0 saturated carbocycles. The van der Waals surface area contributed by atoms with Crippen LogP contribution in [0.5, 0.6) is 5.75 Å². The van der Waals surface area contributed by atoms with Crippen LogP contribution in [-0.4, -0.2) is 46.1 Å². The first-order chi connectivity index (χ1) is 11.4. The number of carbonyl (C=O) groups excluding carboxylic acids is 1. The van der Waals surface area contributed by atoms with Gasteiger partial charge in [-0.05, 0) is 44.5 Å². The van der Waals surface area contributed by atoms with Crippen LogP contribution < -0.4 is 4.74 Å². The molecule has 0 aliphatic carbocycles. The molecule has 0 atom stereocenters. The molecule has 0 aliphatic heterocycles. The Hall–Kier alpha value is -2.34. The van der Waals surface area contributed by atoms with Crippen molar-refractivity contribution in [2.75, 3.05) is 13.1 Å². The van der Waals surface area contributed by atoms with E-state index in [1.165, 1.54) is 0 Å². The summed E-state index contributed by atoms with van der Waals surface area (Å²) in [4.78, 5) is 27.9. The summed E-state index contributed by atoms with van der Waals surface area (Å²) in [5.74, 6) is -1.56. The van der Waals surface area contributed by atoms with Gasteiger partial charge in [0.05, 0.1) is 0 Å². The number of carbonyl (C=O) groups is 2. The van der Waals surface area contributed by atoms with Crippen LogP contribution in [0.25, 0.3) is 10.9 Å². The van der Waals surface area contributed by atoms with Gasteiger partial charge in [0.1, 0.15) is 12.2 Å². The van der Waals surface area contributed by atoms with Gasteiger partial charge in [-0.15, -0.1) is 0 Å². The fraction of sp³-hybridized carbons (Fsp3) is 0.444. The van der Waals surface area contributed by atoms with Gasteiger partial charge >= 0.3 is 11.9 Å². The molecule has 0 saturated heterocycles. The number of benzene rings is 1. The molecule has 0 unspecified atom stereocenters. The fourth-order valence-corrected chi connectivity index (χ4v) is 2.83. The quantitative estimate of drug-likeness (QED) is 0.441. The van der Waals surface area contributed by atoms with Gasteiger partial charge in [0.25, 0.3) is 0 Å². The molecule has 130 valence electrons. The van der Waals surface area contributed by atoms with E-state index in [4.69, 9.17) is 9.84 Å². The van der Waals surface area contributed by atoms with Gasteiger partial charge in [-0.2, -0.15) is 0 Å². The van der Waals surface area contributed by atoms with Gasteiger partial charge in [0.2, 0.25) is 0 Å². The Balaban J connectivity index is 2.22. The number of likely N-dealkylation sites (N-methyl/N-ethyl adjacent to an activating group) is 1. The zero-order valence-electron chi connectivity index (χ0n) is 14.3. The lowest BCUT2D eigenvalue weighted by Crippen LogP contribution is -2.32. The molecule has 1 aromatic carbocycles. The number of hydrogen-bond donors (Lipinski definition) is 2. The number of nitrogens with zero attached hydrogens (tertiary/aromatic N) is 1. The van der Waals surface area contributed by atoms with Crippen LogP contribution in [0.15, 0.2) is 24.4 Å². The number of rotatable bonds is 8. The molecular weight excluding hydrogens is 308 g/mol. The lowest BCUT2D eigenvalue weighted by Gasteiger charge is -2.24. The van der Waals surface area contributed by atoms with Crippen LogP contribution in [0.2, 0.25) is 0 Å². The summed E-state index contributed by atoms with van der Waals surface area (Å²) in [7, 11) is 0. The zero-order chi connectivity index (χ0) is 17.7. The number of nitrogens with one attached hydrogen (secondary N) is 1. The summed E-state index contributed by atoms with van der Waals surface area (Å²) in [5.41, 5.74) is 1.93. The molecule has 1 heterocycles. The predicted molar refractivity (Wildman–Crippen MR) is 92.3 cm³/mol. The number of aromatic amines is 1. The van der Waals surface area contributed by atoms with Crippen molar-refractivity contribution < 1.29 is 19.4 Å². The van der Waals surface area contributed by atoms with E-state index in [2.05, 4.69) is 30.7 Å². The Labute approximate surface area is 141 Å². The van der Waals surface area contributed by atoms with Crippen molar-refractivity contribution in [3.63, 3.8) is 0 Å². The first kappa shape index (κ1) is 18.0. The van der Waals surface area contributed by atoms with Crippen molar-refractivity contribution in [3.8, 4) is 5.75 Å². The van der Waals surface area contributed by atoms with Crippen molar-refractivity contribution in [3.05, 3.63) is 30.0 Å². The maximum absolute atomic E-state index is 11.7. The standard InChI is InChI=1S/C18H24N2O4/c1-4-20(12(2)3)9-8-13-11-19-14-6-5-7-15(18(13)14)24-17(23)10-16(21)22/h5-7,11-12,19H,4,8-10H2,1-3H3,(H,21,22). The molecule has 6 heteroatoms. The number of aliphatic carboxylic acids is 1. The molecule has 6 nitrogen and oxygen atoms in total. The Bertz CT molecular complexity index is 721. The summed E-state index contributed by atoms with van der Waals surface area (Å²) >= 11 is 0. The molecule has 2 N–H and O–H groups in total. The Morgan fingerprint density at radius 2 is 2.08 bits per heavy atom. The zero-order valence-corrected chi connectivity index (χ0v) is 14.3. The number of ether oxygens (including phenoxy) is 1. The van der Waals surface area contributed by atoms with Gasteiger partial charge in [0.15, 0.2) is 0 Å². The van der Waals surface area contributed by atoms with Crippen LogP contribution in [0.4, 0.5) is 0 Å². The maximum Gasteiger partial charge on any atom is 0.322 e. The highest BCUT2D eigenvalue weighted by atomic mass is 16.5. The van der Waals surface area contributed by atoms with Gasteiger partial charge in [0, 0.05) is 29.7 Å². The molecule has 1 aromatic heterocycles. The third-order valence-electron chi connectivity index (χ3n) is 4.07. The average Bonchev–Trinajstić information content (AvgIpc) is 2.91. The number of hydrogen-bond acceptors (Lipinski definition) is 4. The minimum atomic E-state index is -1.20. The lowest BCUT2D eigenvalue weighted by atomic mass is 10.1. The minimum Gasteiger partial charge on any atom is -0.481 e. The SMILES string of the molecule is CCN(CCc1c[nH]c2cccc(OC(=O)CC(=O)O)c12)C(C)C. The van der Waals surface area contributed by atoms with E-state index >= 15 is 0 Å². The van der Waals surface area contributed by atoms with E-state index in [-0.39, 0.29) is 0 Å². The second-order valence-electron chi connectivity index (χ2n) is 6.01. The molecule has 24 heavy (non-hydrogen) atoms. The molecule has 0 radical (unpaired) electrons. The molecule has 0 aliphatic rings. The van der Waals surface area contributed by atoms with Crippen molar-refractivity contribution in [1.82, 2.24) is 9.88 Å². The van der Waals surface area contributed by atoms with Crippen LogP contribution in [0.3, 0.4) is 0 Å². The molecule has 0 amide bonds. The largest absolute Gasteiger partial charge is 0.481 e. The Morgan fingerprint density at radius 1 is 1.33 bits per heavy atom. The number of carboxylic acid groups (broad SMARTS) is 1. The molecule has 0 bridgehead atoms. The van der Waals surface area contributed by atoms with Crippen LogP contribution in [0, 0.1) is 0 Å². The minimum absolute atomic E-state index is 0.405. The summed E-state index contributed by atoms with van der Waals surface area (Å²) in [6.45, 7) is 8.34. The topological polar surface area (TPSA) is 82.6 Å². The predicted octanol–water partition coefficient (Wildman–Crippen LogP) is 2.82.